The number of amides is 1. The number of carbonyl (C=O) groups is 1. The van der Waals surface area contributed by atoms with Gasteiger partial charge in [-0.1, -0.05) is 30.3 Å². The summed E-state index contributed by atoms with van der Waals surface area (Å²) in [7, 11) is 1.65. The Hall–Kier alpha value is -2.49. The number of hydrogen-bond acceptors (Lipinski definition) is 3. The molecular formula is C18H21NO3. The van der Waals surface area contributed by atoms with Gasteiger partial charge in [-0.25, -0.2) is 0 Å². The standard InChI is InChI=1S/C18H21NO3/c1-14-6-5-8-16(12-14)22-13-18(20)19-11-10-15-7-3-4-9-17(15)21-2/h3-9,12H,10-11,13H2,1-2H3,(H,19,20). The first-order chi connectivity index (χ1) is 10.7. The highest BCUT2D eigenvalue weighted by Gasteiger charge is 2.05. The van der Waals surface area contributed by atoms with Crippen LogP contribution in [0.15, 0.2) is 48.5 Å². The summed E-state index contributed by atoms with van der Waals surface area (Å²) in [5.41, 5.74) is 2.18. The maximum absolute atomic E-state index is 11.8. The number of ether oxygens (including phenoxy) is 2. The molecule has 0 saturated heterocycles. The quantitative estimate of drug-likeness (QED) is 0.855. The Morgan fingerprint density at radius 3 is 2.73 bits per heavy atom. The zero-order valence-corrected chi connectivity index (χ0v) is 13.0. The van der Waals surface area contributed by atoms with E-state index in [-0.39, 0.29) is 12.5 Å². The highest BCUT2D eigenvalue weighted by atomic mass is 16.5. The van der Waals surface area contributed by atoms with Crippen molar-refractivity contribution >= 4 is 5.91 Å². The third kappa shape index (κ3) is 4.81. The highest BCUT2D eigenvalue weighted by Crippen LogP contribution is 2.17. The van der Waals surface area contributed by atoms with Crippen LogP contribution in [0.4, 0.5) is 0 Å². The Morgan fingerprint density at radius 1 is 1.14 bits per heavy atom. The second kappa shape index (κ2) is 8.08. The van der Waals surface area contributed by atoms with Crippen molar-refractivity contribution in [3.8, 4) is 11.5 Å². The van der Waals surface area contributed by atoms with Gasteiger partial charge in [0, 0.05) is 6.54 Å². The van der Waals surface area contributed by atoms with Crippen molar-refractivity contribution in [1.82, 2.24) is 5.32 Å². The Morgan fingerprint density at radius 2 is 1.95 bits per heavy atom. The summed E-state index contributed by atoms with van der Waals surface area (Å²) in [6.45, 7) is 2.56. The average molecular weight is 299 g/mol. The van der Waals surface area contributed by atoms with Crippen molar-refractivity contribution in [3.05, 3.63) is 59.7 Å². The molecule has 0 aliphatic rings. The lowest BCUT2D eigenvalue weighted by Crippen LogP contribution is -2.30. The highest BCUT2D eigenvalue weighted by molar-refractivity contribution is 5.77. The number of hydrogen-bond donors (Lipinski definition) is 1. The first-order valence-electron chi connectivity index (χ1n) is 7.27. The van der Waals surface area contributed by atoms with Crippen molar-refractivity contribution in [2.75, 3.05) is 20.3 Å². The van der Waals surface area contributed by atoms with E-state index in [2.05, 4.69) is 5.32 Å². The summed E-state index contributed by atoms with van der Waals surface area (Å²) in [5.74, 6) is 1.42. The maximum atomic E-state index is 11.8. The number of carbonyl (C=O) groups excluding carboxylic acids is 1. The fourth-order valence-electron chi connectivity index (χ4n) is 2.15. The van der Waals surface area contributed by atoms with E-state index < -0.39 is 0 Å². The van der Waals surface area contributed by atoms with E-state index >= 15 is 0 Å². The molecule has 0 spiro atoms. The number of nitrogens with one attached hydrogen (secondary N) is 1. The lowest BCUT2D eigenvalue weighted by atomic mass is 10.1. The van der Waals surface area contributed by atoms with Crippen molar-refractivity contribution in [1.29, 1.82) is 0 Å². The van der Waals surface area contributed by atoms with Crippen molar-refractivity contribution in [3.63, 3.8) is 0 Å². The molecule has 4 heteroatoms. The first kappa shape index (κ1) is 15.9. The van der Waals surface area contributed by atoms with Crippen LogP contribution >= 0.6 is 0 Å². The second-order valence-electron chi connectivity index (χ2n) is 5.02. The van der Waals surface area contributed by atoms with Gasteiger partial charge < -0.3 is 14.8 Å². The monoisotopic (exact) mass is 299 g/mol. The Balaban J connectivity index is 1.74. The summed E-state index contributed by atoms with van der Waals surface area (Å²) in [5, 5.41) is 2.85. The van der Waals surface area contributed by atoms with Crippen LogP contribution in [0.5, 0.6) is 11.5 Å². The van der Waals surface area contributed by atoms with Gasteiger partial charge in [0.2, 0.25) is 0 Å². The van der Waals surface area contributed by atoms with E-state index in [0.717, 1.165) is 23.3 Å². The number of aryl methyl sites for hydroxylation is 1. The fraction of sp³-hybridized carbons (Fsp3) is 0.278. The maximum Gasteiger partial charge on any atom is 0.257 e. The molecule has 0 saturated carbocycles. The Bertz CT molecular complexity index is 625. The SMILES string of the molecule is COc1ccccc1CCNC(=O)COc1cccc(C)c1. The zero-order valence-electron chi connectivity index (χ0n) is 13.0. The van der Waals surface area contributed by atoms with Crippen LogP contribution in [-0.4, -0.2) is 26.2 Å². The van der Waals surface area contributed by atoms with Crippen LogP contribution in [0.3, 0.4) is 0 Å². The number of para-hydroxylation sites is 1. The fourth-order valence-corrected chi connectivity index (χ4v) is 2.15. The van der Waals surface area contributed by atoms with E-state index in [1.165, 1.54) is 0 Å². The van der Waals surface area contributed by atoms with Crippen molar-refractivity contribution in [2.45, 2.75) is 13.3 Å². The summed E-state index contributed by atoms with van der Waals surface area (Å²) >= 11 is 0. The molecule has 22 heavy (non-hydrogen) atoms. The molecule has 2 aromatic rings. The van der Waals surface area contributed by atoms with Crippen LogP contribution in [0, 0.1) is 6.92 Å². The van der Waals surface area contributed by atoms with Gasteiger partial charge in [0.25, 0.3) is 5.91 Å². The predicted octanol–water partition coefficient (Wildman–Crippen LogP) is 2.74. The second-order valence-corrected chi connectivity index (χ2v) is 5.02. The van der Waals surface area contributed by atoms with Gasteiger partial charge in [0.05, 0.1) is 7.11 Å². The molecule has 1 amide bonds. The normalized spacial score (nSPS) is 10.1. The molecule has 2 aromatic carbocycles. The number of methoxy groups -OCH3 is 1. The smallest absolute Gasteiger partial charge is 0.257 e. The van der Waals surface area contributed by atoms with Gasteiger partial charge in [-0.05, 0) is 42.7 Å². The molecule has 0 unspecified atom stereocenters. The number of benzene rings is 2. The zero-order chi connectivity index (χ0) is 15.8. The van der Waals surface area contributed by atoms with Crippen LogP contribution in [0.1, 0.15) is 11.1 Å². The molecule has 0 heterocycles. The van der Waals surface area contributed by atoms with Crippen LogP contribution in [-0.2, 0) is 11.2 Å². The predicted molar refractivity (Wildman–Crippen MR) is 86.4 cm³/mol. The average Bonchev–Trinajstić information content (AvgIpc) is 2.53. The minimum atomic E-state index is -0.128. The first-order valence-corrected chi connectivity index (χ1v) is 7.27. The Kier molecular flexibility index (Phi) is 5.83. The van der Waals surface area contributed by atoms with E-state index in [4.69, 9.17) is 9.47 Å². The third-order valence-corrected chi connectivity index (χ3v) is 3.27. The van der Waals surface area contributed by atoms with Crippen molar-refractivity contribution < 1.29 is 14.3 Å². The topological polar surface area (TPSA) is 47.6 Å². The minimum Gasteiger partial charge on any atom is -0.496 e. The molecule has 0 atom stereocenters. The summed E-state index contributed by atoms with van der Waals surface area (Å²) < 4.78 is 10.7. The van der Waals surface area contributed by atoms with Gasteiger partial charge in [-0.3, -0.25) is 4.79 Å². The van der Waals surface area contributed by atoms with Crippen LogP contribution in [0.2, 0.25) is 0 Å². The lowest BCUT2D eigenvalue weighted by Gasteiger charge is -2.10. The van der Waals surface area contributed by atoms with Crippen molar-refractivity contribution in [2.24, 2.45) is 0 Å². The molecule has 0 aliphatic carbocycles. The summed E-state index contributed by atoms with van der Waals surface area (Å²) in [4.78, 5) is 11.8. The lowest BCUT2D eigenvalue weighted by molar-refractivity contribution is -0.123. The summed E-state index contributed by atoms with van der Waals surface area (Å²) in [6, 6.07) is 15.4. The Labute approximate surface area is 131 Å². The van der Waals surface area contributed by atoms with Gasteiger partial charge in [0.1, 0.15) is 11.5 Å². The molecule has 116 valence electrons. The molecule has 0 fully saturated rings. The van der Waals surface area contributed by atoms with Crippen LogP contribution in [0.25, 0.3) is 0 Å². The van der Waals surface area contributed by atoms with E-state index in [1.807, 2.05) is 55.5 Å². The molecule has 1 N–H and O–H groups in total. The minimum absolute atomic E-state index is 0.0232. The molecule has 2 rings (SSSR count). The molecule has 0 aromatic heterocycles. The van der Waals surface area contributed by atoms with E-state index in [9.17, 15) is 4.79 Å². The molecule has 0 bridgehead atoms. The van der Waals surface area contributed by atoms with Gasteiger partial charge in [0.15, 0.2) is 6.61 Å². The largest absolute Gasteiger partial charge is 0.496 e. The van der Waals surface area contributed by atoms with Gasteiger partial charge in [-0.2, -0.15) is 0 Å². The van der Waals surface area contributed by atoms with Gasteiger partial charge in [-0.15, -0.1) is 0 Å². The molecular weight excluding hydrogens is 278 g/mol. The molecule has 0 radical (unpaired) electrons. The van der Waals surface area contributed by atoms with Crippen LogP contribution < -0.4 is 14.8 Å². The molecule has 0 aliphatic heterocycles. The number of rotatable bonds is 7. The summed E-state index contributed by atoms with van der Waals surface area (Å²) in [6.07, 6.45) is 0.722. The third-order valence-electron chi connectivity index (χ3n) is 3.27. The van der Waals surface area contributed by atoms with E-state index in [1.54, 1.807) is 7.11 Å². The van der Waals surface area contributed by atoms with E-state index in [0.29, 0.717) is 12.3 Å². The molecule has 4 nitrogen and oxygen atoms in total. The van der Waals surface area contributed by atoms with Gasteiger partial charge >= 0.3 is 0 Å².